The summed E-state index contributed by atoms with van der Waals surface area (Å²) in [6.45, 7) is 3.88. The van der Waals surface area contributed by atoms with Gasteiger partial charge in [-0.05, 0) is 67.9 Å². The van der Waals surface area contributed by atoms with E-state index in [9.17, 15) is 21.6 Å². The summed E-state index contributed by atoms with van der Waals surface area (Å²) in [4.78, 5) is 15.5. The fraction of sp³-hybridized carbons (Fsp3) is 0.321. The highest BCUT2D eigenvalue weighted by atomic mass is 32.2. The first-order valence-corrected chi connectivity index (χ1v) is 15.7. The van der Waals surface area contributed by atoms with Gasteiger partial charge in [-0.3, -0.25) is 4.79 Å². The number of carbonyl (C=O) groups excluding carboxylic acids is 1. The van der Waals surface area contributed by atoms with Crippen molar-refractivity contribution < 1.29 is 26.4 Å². The summed E-state index contributed by atoms with van der Waals surface area (Å²) in [5.41, 5.74) is 1.82. The van der Waals surface area contributed by atoms with Gasteiger partial charge in [0, 0.05) is 31.9 Å². The average molecular weight is 587 g/mol. The van der Waals surface area contributed by atoms with Crippen molar-refractivity contribution in [3.8, 4) is 5.75 Å². The maximum Gasteiger partial charge on any atom is 0.245 e. The first-order chi connectivity index (χ1) is 19.0. The van der Waals surface area contributed by atoms with E-state index in [-0.39, 0.29) is 22.0 Å². The van der Waals surface area contributed by atoms with Gasteiger partial charge in [0.1, 0.15) is 16.7 Å². The zero-order valence-corrected chi connectivity index (χ0v) is 24.3. The fourth-order valence-corrected chi connectivity index (χ4v) is 7.27. The topological polar surface area (TPSA) is 125 Å². The molecule has 0 radical (unpaired) electrons. The number of aryl methyl sites for hydroxylation is 1. The van der Waals surface area contributed by atoms with Crippen LogP contribution in [0.3, 0.4) is 0 Å². The molecule has 1 aliphatic rings. The molecule has 3 aromatic carbocycles. The summed E-state index contributed by atoms with van der Waals surface area (Å²) < 4.78 is 62.1. The minimum absolute atomic E-state index is 0.0701. The number of hydrogen-bond acceptors (Lipinski definition) is 7. The highest BCUT2D eigenvalue weighted by molar-refractivity contribution is 7.89. The third kappa shape index (κ3) is 7.07. The maximum atomic E-state index is 13.4. The Morgan fingerprint density at radius 2 is 1.57 bits per heavy atom. The molecule has 0 aliphatic carbocycles. The van der Waals surface area contributed by atoms with Gasteiger partial charge in [-0.2, -0.15) is 9.03 Å². The van der Waals surface area contributed by atoms with Crippen LogP contribution in [0.2, 0.25) is 0 Å². The molecule has 0 saturated carbocycles. The first-order valence-electron chi connectivity index (χ1n) is 12.8. The average Bonchev–Trinajstić information content (AvgIpc) is 2.93. The molecule has 1 amide bonds. The quantitative estimate of drug-likeness (QED) is 0.374. The number of piperazine rings is 1. The van der Waals surface area contributed by atoms with Crippen molar-refractivity contribution in [2.45, 2.75) is 29.2 Å². The van der Waals surface area contributed by atoms with Crippen molar-refractivity contribution in [3.63, 3.8) is 0 Å². The van der Waals surface area contributed by atoms with E-state index in [2.05, 4.69) is 14.9 Å². The highest BCUT2D eigenvalue weighted by Crippen LogP contribution is 2.25. The molecule has 10 nitrogen and oxygen atoms in total. The molecular formula is C28H34N4O6S2. The van der Waals surface area contributed by atoms with E-state index in [0.29, 0.717) is 31.9 Å². The van der Waals surface area contributed by atoms with E-state index in [4.69, 9.17) is 4.74 Å². The normalized spacial score (nSPS) is 15.9. The highest BCUT2D eigenvalue weighted by Gasteiger charge is 2.30. The van der Waals surface area contributed by atoms with E-state index in [1.807, 2.05) is 25.2 Å². The summed E-state index contributed by atoms with van der Waals surface area (Å²) in [6.07, 6.45) is 0.0932. The van der Waals surface area contributed by atoms with E-state index in [1.54, 1.807) is 31.2 Å². The van der Waals surface area contributed by atoms with Crippen LogP contribution in [0, 0.1) is 6.92 Å². The second-order valence-corrected chi connectivity index (χ2v) is 13.4. The zero-order valence-electron chi connectivity index (χ0n) is 22.7. The molecule has 40 heavy (non-hydrogen) atoms. The van der Waals surface area contributed by atoms with Gasteiger partial charge in [0.05, 0.1) is 12.0 Å². The van der Waals surface area contributed by atoms with Crippen LogP contribution < -0.4 is 14.8 Å². The number of benzene rings is 3. The fourth-order valence-electron chi connectivity index (χ4n) is 4.40. The Morgan fingerprint density at radius 3 is 2.20 bits per heavy atom. The van der Waals surface area contributed by atoms with E-state index in [1.165, 1.54) is 41.7 Å². The Bertz CT molecular complexity index is 1540. The molecule has 214 valence electrons. The second-order valence-electron chi connectivity index (χ2n) is 9.74. The first kappa shape index (κ1) is 29.7. The number of methoxy groups -OCH3 is 1. The molecule has 1 aliphatic heterocycles. The molecule has 12 heteroatoms. The number of rotatable bonds is 10. The SMILES string of the molecule is COc1ccc(C)cc1S(=O)(=O)NC(Cc1ccccc1)C(=O)Nc1ccc(S(=O)(=O)N2CCN(C)CC2)cc1. The van der Waals surface area contributed by atoms with Crippen molar-refractivity contribution in [1.82, 2.24) is 13.9 Å². The summed E-state index contributed by atoms with van der Waals surface area (Å²) in [6, 6.07) is 18.6. The van der Waals surface area contributed by atoms with E-state index in [0.717, 1.165) is 11.1 Å². The number of anilines is 1. The summed E-state index contributed by atoms with van der Waals surface area (Å²) in [7, 11) is -4.48. The van der Waals surface area contributed by atoms with Crippen molar-refractivity contribution in [1.29, 1.82) is 0 Å². The molecule has 1 atom stereocenters. The Morgan fingerprint density at radius 1 is 0.925 bits per heavy atom. The zero-order chi connectivity index (χ0) is 28.9. The summed E-state index contributed by atoms with van der Waals surface area (Å²) in [5.74, 6) is -0.428. The molecule has 1 fully saturated rings. The lowest BCUT2D eigenvalue weighted by Crippen LogP contribution is -2.47. The lowest BCUT2D eigenvalue weighted by molar-refractivity contribution is -0.117. The van der Waals surface area contributed by atoms with Gasteiger partial charge >= 0.3 is 0 Å². The van der Waals surface area contributed by atoms with Gasteiger partial charge in [0.2, 0.25) is 26.0 Å². The molecule has 3 aromatic rings. The largest absolute Gasteiger partial charge is 0.495 e. The van der Waals surface area contributed by atoms with Crippen LogP contribution in [-0.2, 0) is 31.3 Å². The molecule has 0 bridgehead atoms. The number of nitrogens with one attached hydrogen (secondary N) is 2. The van der Waals surface area contributed by atoms with Gasteiger partial charge in [0.25, 0.3) is 0 Å². The minimum atomic E-state index is -4.15. The Kier molecular flexibility index (Phi) is 9.26. The smallest absolute Gasteiger partial charge is 0.245 e. The predicted octanol–water partition coefficient (Wildman–Crippen LogP) is 2.47. The molecule has 1 unspecified atom stereocenters. The van der Waals surface area contributed by atoms with Gasteiger partial charge in [-0.1, -0.05) is 36.4 Å². The van der Waals surface area contributed by atoms with Crippen molar-refractivity contribution >= 4 is 31.6 Å². The molecule has 0 spiro atoms. The monoisotopic (exact) mass is 586 g/mol. The summed E-state index contributed by atoms with van der Waals surface area (Å²) in [5, 5.41) is 2.73. The van der Waals surface area contributed by atoms with Crippen LogP contribution in [0.15, 0.2) is 82.6 Å². The molecule has 1 heterocycles. The number of likely N-dealkylation sites (N-methyl/N-ethyl adjacent to an activating group) is 1. The Labute approximate surface area is 236 Å². The lowest BCUT2D eigenvalue weighted by Gasteiger charge is -2.31. The van der Waals surface area contributed by atoms with Crippen molar-refractivity contribution in [2.75, 3.05) is 45.7 Å². The Hall–Kier alpha value is -3.29. The van der Waals surface area contributed by atoms with Crippen LogP contribution >= 0.6 is 0 Å². The number of carbonyl (C=O) groups is 1. The Balaban J connectivity index is 1.55. The van der Waals surface area contributed by atoms with Crippen LogP contribution in [-0.4, -0.2) is 78.3 Å². The van der Waals surface area contributed by atoms with Crippen LogP contribution in [0.25, 0.3) is 0 Å². The summed E-state index contributed by atoms with van der Waals surface area (Å²) >= 11 is 0. The molecular weight excluding hydrogens is 552 g/mol. The number of nitrogens with zero attached hydrogens (tertiary/aromatic N) is 2. The van der Waals surface area contributed by atoms with E-state index >= 15 is 0 Å². The molecule has 4 rings (SSSR count). The number of ether oxygens (including phenoxy) is 1. The van der Waals surface area contributed by atoms with Gasteiger partial charge < -0.3 is 15.0 Å². The number of sulfonamides is 2. The van der Waals surface area contributed by atoms with Crippen molar-refractivity contribution in [3.05, 3.63) is 83.9 Å². The second kappa shape index (κ2) is 12.5. The molecule has 1 saturated heterocycles. The molecule has 0 aromatic heterocycles. The number of amides is 1. The van der Waals surface area contributed by atoms with Gasteiger partial charge in [-0.15, -0.1) is 0 Å². The van der Waals surface area contributed by atoms with Crippen LogP contribution in [0.4, 0.5) is 5.69 Å². The third-order valence-electron chi connectivity index (χ3n) is 6.73. The maximum absolute atomic E-state index is 13.4. The van der Waals surface area contributed by atoms with Gasteiger partial charge in [-0.25, -0.2) is 16.8 Å². The van der Waals surface area contributed by atoms with Crippen molar-refractivity contribution in [2.24, 2.45) is 0 Å². The molecule has 2 N–H and O–H groups in total. The standard InChI is InChI=1S/C28H34N4O6S2/c1-21-9-14-26(38-3)27(19-21)39(34,35)30-25(20-22-7-5-4-6-8-22)28(33)29-23-10-12-24(13-11-23)40(36,37)32-17-15-31(2)16-18-32/h4-14,19,25,30H,15-18,20H2,1-3H3,(H,29,33). The predicted molar refractivity (Wildman–Crippen MR) is 153 cm³/mol. The van der Waals surface area contributed by atoms with E-state index < -0.39 is 32.0 Å². The van der Waals surface area contributed by atoms with Crippen LogP contribution in [0.1, 0.15) is 11.1 Å². The van der Waals surface area contributed by atoms with Gasteiger partial charge in [0.15, 0.2) is 0 Å². The number of hydrogen-bond donors (Lipinski definition) is 2. The third-order valence-corrected chi connectivity index (χ3v) is 10.1. The van der Waals surface area contributed by atoms with Crippen LogP contribution in [0.5, 0.6) is 5.75 Å². The minimum Gasteiger partial charge on any atom is -0.495 e. The lowest BCUT2D eigenvalue weighted by atomic mass is 10.1.